The summed E-state index contributed by atoms with van der Waals surface area (Å²) in [7, 11) is 1.74. The maximum Gasteiger partial charge on any atom is 0.290 e. The quantitative estimate of drug-likeness (QED) is 0.660. The molecule has 126 valence electrons. The SMILES string of the molecule is CN=C(COc1ccc(C=C2SC(=O)NC2=O)cc1)c1ccccc1. The minimum atomic E-state index is -0.359. The number of imide groups is 1. The molecule has 6 heteroatoms. The molecule has 2 aromatic rings. The third-order valence-electron chi connectivity index (χ3n) is 3.57. The standard InChI is InChI=1S/C19H16N2O3S/c1-20-16(14-5-3-2-4-6-14)12-24-15-9-7-13(8-10-15)11-17-18(22)21-19(23)25-17/h2-11H,12H2,1H3,(H,21,22,23). The molecule has 1 fully saturated rings. The summed E-state index contributed by atoms with van der Waals surface area (Å²) in [5.74, 6) is 0.348. The monoisotopic (exact) mass is 352 g/mol. The smallest absolute Gasteiger partial charge is 0.290 e. The predicted molar refractivity (Wildman–Crippen MR) is 99.9 cm³/mol. The van der Waals surface area contributed by atoms with Crippen molar-refractivity contribution in [2.45, 2.75) is 0 Å². The van der Waals surface area contributed by atoms with Gasteiger partial charge in [-0.3, -0.25) is 19.9 Å². The first-order chi connectivity index (χ1) is 12.2. The van der Waals surface area contributed by atoms with Crippen molar-refractivity contribution in [3.63, 3.8) is 0 Å². The van der Waals surface area contributed by atoms with Crippen LogP contribution in [0.4, 0.5) is 4.79 Å². The molecular formula is C19H16N2O3S. The molecule has 0 unspecified atom stereocenters. The normalized spacial score (nSPS) is 16.2. The lowest BCUT2D eigenvalue weighted by atomic mass is 10.1. The molecular weight excluding hydrogens is 336 g/mol. The van der Waals surface area contributed by atoms with Gasteiger partial charge in [0.15, 0.2) is 0 Å². The van der Waals surface area contributed by atoms with Crippen LogP contribution in [0.15, 0.2) is 64.5 Å². The number of thioether (sulfide) groups is 1. The highest BCUT2D eigenvalue weighted by Crippen LogP contribution is 2.26. The van der Waals surface area contributed by atoms with Crippen LogP contribution in [0.2, 0.25) is 0 Å². The molecule has 0 bridgehead atoms. The van der Waals surface area contributed by atoms with Gasteiger partial charge < -0.3 is 4.74 Å². The molecule has 2 aromatic carbocycles. The molecule has 0 atom stereocenters. The number of amides is 2. The summed E-state index contributed by atoms with van der Waals surface area (Å²) in [6.45, 7) is 0.369. The van der Waals surface area contributed by atoms with Crippen LogP contribution < -0.4 is 10.1 Å². The van der Waals surface area contributed by atoms with Gasteiger partial charge in [-0.05, 0) is 41.1 Å². The summed E-state index contributed by atoms with van der Waals surface area (Å²) in [4.78, 5) is 27.4. The van der Waals surface area contributed by atoms with Crippen molar-refractivity contribution in [2.75, 3.05) is 13.7 Å². The second kappa shape index (κ2) is 7.81. The van der Waals surface area contributed by atoms with E-state index in [4.69, 9.17) is 4.74 Å². The number of aliphatic imine (C=N–C) groups is 1. The van der Waals surface area contributed by atoms with Crippen LogP contribution >= 0.6 is 11.8 Å². The van der Waals surface area contributed by atoms with Crippen molar-refractivity contribution in [1.29, 1.82) is 0 Å². The molecule has 1 aliphatic rings. The van der Waals surface area contributed by atoms with Gasteiger partial charge in [-0.25, -0.2) is 0 Å². The van der Waals surface area contributed by atoms with Crippen LogP contribution in [0.3, 0.4) is 0 Å². The van der Waals surface area contributed by atoms with Gasteiger partial charge in [0, 0.05) is 7.05 Å². The van der Waals surface area contributed by atoms with Gasteiger partial charge in [0.05, 0.1) is 10.6 Å². The van der Waals surface area contributed by atoms with Crippen LogP contribution in [0.5, 0.6) is 5.75 Å². The van der Waals surface area contributed by atoms with Gasteiger partial charge in [-0.2, -0.15) is 0 Å². The molecule has 0 radical (unpaired) electrons. The lowest BCUT2D eigenvalue weighted by Crippen LogP contribution is -2.17. The van der Waals surface area contributed by atoms with Crippen LogP contribution in [0.25, 0.3) is 6.08 Å². The number of carbonyl (C=O) groups is 2. The maximum atomic E-state index is 11.5. The zero-order valence-electron chi connectivity index (χ0n) is 13.6. The van der Waals surface area contributed by atoms with E-state index in [0.29, 0.717) is 17.3 Å². The molecule has 25 heavy (non-hydrogen) atoms. The summed E-state index contributed by atoms with van der Waals surface area (Å²) in [5, 5.41) is 1.89. The van der Waals surface area contributed by atoms with Crippen LogP contribution in [-0.4, -0.2) is 30.5 Å². The van der Waals surface area contributed by atoms with Gasteiger partial charge in [-0.1, -0.05) is 42.5 Å². The molecule has 5 nitrogen and oxygen atoms in total. The molecule has 0 saturated carbocycles. The fourth-order valence-electron chi connectivity index (χ4n) is 2.29. The van der Waals surface area contributed by atoms with E-state index >= 15 is 0 Å². The number of nitrogens with one attached hydrogen (secondary N) is 1. The van der Waals surface area contributed by atoms with E-state index < -0.39 is 0 Å². The Bertz CT molecular complexity index is 843. The Balaban J connectivity index is 1.64. The van der Waals surface area contributed by atoms with Gasteiger partial charge in [-0.15, -0.1) is 0 Å². The third kappa shape index (κ3) is 4.36. The first-order valence-electron chi connectivity index (χ1n) is 7.64. The zero-order valence-corrected chi connectivity index (χ0v) is 14.4. The highest BCUT2D eigenvalue weighted by molar-refractivity contribution is 8.18. The summed E-state index contributed by atoms with van der Waals surface area (Å²) in [5.41, 5.74) is 2.72. The number of nitrogens with zero attached hydrogens (tertiary/aromatic N) is 1. The Morgan fingerprint density at radius 3 is 2.44 bits per heavy atom. The minimum absolute atomic E-state index is 0.344. The Hall–Kier alpha value is -2.86. The van der Waals surface area contributed by atoms with Crippen LogP contribution in [0.1, 0.15) is 11.1 Å². The second-order valence-corrected chi connectivity index (χ2v) is 6.26. The largest absolute Gasteiger partial charge is 0.487 e. The molecule has 1 aliphatic heterocycles. The third-order valence-corrected chi connectivity index (χ3v) is 4.38. The van der Waals surface area contributed by atoms with Crippen molar-refractivity contribution in [3.8, 4) is 5.75 Å². The highest BCUT2D eigenvalue weighted by atomic mass is 32.2. The first kappa shape index (κ1) is 17.0. The topological polar surface area (TPSA) is 67.8 Å². The van der Waals surface area contributed by atoms with Gasteiger partial charge in [0.2, 0.25) is 0 Å². The van der Waals surface area contributed by atoms with Gasteiger partial charge in [0.1, 0.15) is 12.4 Å². The average molecular weight is 352 g/mol. The Morgan fingerprint density at radius 2 is 1.84 bits per heavy atom. The Labute approximate surface area is 149 Å². The fraction of sp³-hybridized carbons (Fsp3) is 0.105. The van der Waals surface area contributed by atoms with Crippen LogP contribution in [0, 0.1) is 0 Å². The molecule has 0 aromatic heterocycles. The van der Waals surface area contributed by atoms with E-state index in [2.05, 4.69) is 10.3 Å². The number of hydrogen-bond acceptors (Lipinski definition) is 5. The Morgan fingerprint density at radius 1 is 1.12 bits per heavy atom. The lowest BCUT2D eigenvalue weighted by Gasteiger charge is -2.09. The van der Waals surface area contributed by atoms with E-state index in [0.717, 1.165) is 28.6 Å². The summed E-state index contributed by atoms with van der Waals surface area (Å²) in [6.07, 6.45) is 1.68. The van der Waals surface area contributed by atoms with Crippen molar-refractivity contribution >= 4 is 34.7 Å². The molecule has 1 heterocycles. The van der Waals surface area contributed by atoms with E-state index in [9.17, 15) is 9.59 Å². The van der Waals surface area contributed by atoms with Crippen LogP contribution in [-0.2, 0) is 4.79 Å². The van der Waals surface area contributed by atoms with Gasteiger partial charge in [0.25, 0.3) is 11.1 Å². The average Bonchev–Trinajstić information content (AvgIpc) is 2.95. The van der Waals surface area contributed by atoms with E-state index in [1.165, 1.54) is 0 Å². The molecule has 1 N–H and O–H groups in total. The van der Waals surface area contributed by atoms with E-state index in [1.807, 2.05) is 54.6 Å². The number of benzene rings is 2. The summed E-state index contributed by atoms with van der Waals surface area (Å²) >= 11 is 0.902. The molecule has 0 aliphatic carbocycles. The molecule has 0 spiro atoms. The van der Waals surface area contributed by atoms with Crippen molar-refractivity contribution < 1.29 is 14.3 Å². The number of ether oxygens (including phenoxy) is 1. The lowest BCUT2D eigenvalue weighted by molar-refractivity contribution is -0.115. The minimum Gasteiger partial charge on any atom is -0.487 e. The maximum absolute atomic E-state index is 11.5. The number of hydrogen-bond donors (Lipinski definition) is 1. The predicted octanol–water partition coefficient (Wildman–Crippen LogP) is 3.51. The van der Waals surface area contributed by atoms with Crippen molar-refractivity contribution in [3.05, 3.63) is 70.6 Å². The van der Waals surface area contributed by atoms with E-state index in [-0.39, 0.29) is 11.1 Å². The van der Waals surface area contributed by atoms with E-state index in [1.54, 1.807) is 13.1 Å². The number of rotatable bonds is 5. The highest BCUT2D eigenvalue weighted by Gasteiger charge is 2.24. The molecule has 3 rings (SSSR count). The van der Waals surface area contributed by atoms with Crippen molar-refractivity contribution in [2.24, 2.45) is 4.99 Å². The van der Waals surface area contributed by atoms with Crippen molar-refractivity contribution in [1.82, 2.24) is 5.32 Å². The zero-order chi connectivity index (χ0) is 17.6. The summed E-state index contributed by atoms with van der Waals surface area (Å²) in [6, 6.07) is 17.2. The summed E-state index contributed by atoms with van der Waals surface area (Å²) < 4.78 is 5.79. The molecule has 2 amide bonds. The fourth-order valence-corrected chi connectivity index (χ4v) is 2.97. The second-order valence-electron chi connectivity index (χ2n) is 5.25. The number of carbonyl (C=O) groups excluding carboxylic acids is 2. The first-order valence-corrected chi connectivity index (χ1v) is 8.46. The molecule has 1 saturated heterocycles. The van der Waals surface area contributed by atoms with Gasteiger partial charge >= 0.3 is 0 Å². The Kier molecular flexibility index (Phi) is 5.30.